The third-order valence-corrected chi connectivity index (χ3v) is 3.83. The molecule has 1 fully saturated rings. The van der Waals surface area contributed by atoms with Crippen LogP contribution in [0.5, 0.6) is 0 Å². The molecule has 1 aromatic carbocycles. The molecule has 2 nitrogen and oxygen atoms in total. The Labute approximate surface area is 102 Å². The van der Waals surface area contributed by atoms with E-state index < -0.39 is 0 Å². The molecule has 1 aromatic rings. The standard InChI is InChI=1S/C13H18N2S/c1-2-12-10-16-13(15-12)14-9-8-11-6-4-3-5-7-11/h3-7,12H,2,8-10H2,1H3,(H,14,15). The molecule has 1 unspecified atom stereocenters. The third-order valence-electron chi connectivity index (χ3n) is 2.74. The van der Waals surface area contributed by atoms with Crippen molar-refractivity contribution in [2.45, 2.75) is 25.8 Å². The first-order valence-electron chi connectivity index (χ1n) is 5.86. The first-order chi connectivity index (χ1) is 7.88. The topological polar surface area (TPSA) is 24.4 Å². The van der Waals surface area contributed by atoms with Crippen LogP contribution in [0.1, 0.15) is 18.9 Å². The van der Waals surface area contributed by atoms with Gasteiger partial charge in [0.25, 0.3) is 0 Å². The minimum atomic E-state index is 0.625. The first kappa shape index (κ1) is 11.5. The number of aliphatic imine (C=N–C) groups is 1. The van der Waals surface area contributed by atoms with Gasteiger partial charge in [-0.25, -0.2) is 0 Å². The summed E-state index contributed by atoms with van der Waals surface area (Å²) in [6.07, 6.45) is 2.22. The number of nitrogens with one attached hydrogen (secondary N) is 1. The summed E-state index contributed by atoms with van der Waals surface area (Å²) >= 11 is 1.85. The van der Waals surface area contributed by atoms with Gasteiger partial charge in [0.1, 0.15) is 0 Å². The van der Waals surface area contributed by atoms with E-state index in [1.807, 2.05) is 11.8 Å². The first-order valence-corrected chi connectivity index (χ1v) is 6.84. The van der Waals surface area contributed by atoms with E-state index in [0.717, 1.165) is 18.1 Å². The van der Waals surface area contributed by atoms with Crippen molar-refractivity contribution < 1.29 is 0 Å². The minimum absolute atomic E-state index is 0.625. The van der Waals surface area contributed by atoms with E-state index in [1.165, 1.54) is 17.7 Å². The van der Waals surface area contributed by atoms with E-state index in [9.17, 15) is 0 Å². The van der Waals surface area contributed by atoms with Crippen molar-refractivity contribution in [2.24, 2.45) is 4.99 Å². The zero-order chi connectivity index (χ0) is 11.2. The van der Waals surface area contributed by atoms with Crippen LogP contribution in [0.2, 0.25) is 0 Å². The predicted octanol–water partition coefficient (Wildman–Crippen LogP) is 2.70. The molecule has 0 bridgehead atoms. The second-order valence-electron chi connectivity index (χ2n) is 3.98. The number of amidine groups is 1. The lowest BCUT2D eigenvalue weighted by Gasteiger charge is -2.04. The van der Waals surface area contributed by atoms with Crippen LogP contribution in [-0.4, -0.2) is 23.5 Å². The molecule has 86 valence electrons. The van der Waals surface area contributed by atoms with Gasteiger partial charge in [-0.2, -0.15) is 0 Å². The Morgan fingerprint density at radius 3 is 2.88 bits per heavy atom. The fourth-order valence-electron chi connectivity index (χ4n) is 1.68. The molecule has 1 aliphatic rings. The fourth-order valence-corrected chi connectivity index (χ4v) is 2.79. The molecule has 0 aromatic heterocycles. The number of thioether (sulfide) groups is 1. The molecule has 0 spiro atoms. The van der Waals surface area contributed by atoms with Gasteiger partial charge in [0.15, 0.2) is 5.17 Å². The summed E-state index contributed by atoms with van der Waals surface area (Å²) in [4.78, 5) is 4.59. The molecule has 0 saturated carbocycles. The largest absolute Gasteiger partial charge is 0.361 e. The van der Waals surface area contributed by atoms with Crippen molar-refractivity contribution in [3.05, 3.63) is 35.9 Å². The van der Waals surface area contributed by atoms with Gasteiger partial charge < -0.3 is 5.32 Å². The predicted molar refractivity (Wildman–Crippen MR) is 72.1 cm³/mol. The van der Waals surface area contributed by atoms with E-state index in [1.54, 1.807) is 0 Å². The van der Waals surface area contributed by atoms with Crippen molar-refractivity contribution >= 4 is 16.9 Å². The van der Waals surface area contributed by atoms with Gasteiger partial charge in [-0.1, -0.05) is 49.0 Å². The zero-order valence-corrected chi connectivity index (χ0v) is 10.5. The summed E-state index contributed by atoms with van der Waals surface area (Å²) in [5.74, 6) is 1.17. The van der Waals surface area contributed by atoms with Crippen molar-refractivity contribution in [2.75, 3.05) is 12.3 Å². The maximum absolute atomic E-state index is 4.59. The molecule has 1 aliphatic heterocycles. The highest BCUT2D eigenvalue weighted by molar-refractivity contribution is 8.14. The average Bonchev–Trinajstić information content (AvgIpc) is 2.78. The van der Waals surface area contributed by atoms with E-state index >= 15 is 0 Å². The second kappa shape index (κ2) is 5.94. The molecule has 0 amide bonds. The number of benzene rings is 1. The van der Waals surface area contributed by atoms with Gasteiger partial charge >= 0.3 is 0 Å². The molecule has 1 saturated heterocycles. The molecule has 2 rings (SSSR count). The summed E-state index contributed by atoms with van der Waals surface area (Å²) in [6, 6.07) is 11.2. The van der Waals surface area contributed by atoms with Crippen LogP contribution >= 0.6 is 11.8 Å². The minimum Gasteiger partial charge on any atom is -0.361 e. The lowest BCUT2D eigenvalue weighted by molar-refractivity contribution is 0.667. The second-order valence-corrected chi connectivity index (χ2v) is 4.99. The highest BCUT2D eigenvalue weighted by Gasteiger charge is 2.17. The normalized spacial score (nSPS) is 22.3. The number of rotatable bonds is 4. The van der Waals surface area contributed by atoms with Crippen LogP contribution in [0, 0.1) is 0 Å². The van der Waals surface area contributed by atoms with Gasteiger partial charge in [0.2, 0.25) is 0 Å². The van der Waals surface area contributed by atoms with Crippen molar-refractivity contribution in [3.8, 4) is 0 Å². The van der Waals surface area contributed by atoms with Gasteiger partial charge in [-0.3, -0.25) is 4.99 Å². The Hall–Kier alpha value is -0.960. The Morgan fingerprint density at radius 2 is 2.19 bits per heavy atom. The Morgan fingerprint density at radius 1 is 1.38 bits per heavy atom. The quantitative estimate of drug-likeness (QED) is 0.866. The molecule has 1 heterocycles. The molecule has 1 atom stereocenters. The maximum Gasteiger partial charge on any atom is 0.156 e. The molecule has 16 heavy (non-hydrogen) atoms. The lowest BCUT2D eigenvalue weighted by atomic mass is 10.2. The highest BCUT2D eigenvalue weighted by atomic mass is 32.2. The smallest absolute Gasteiger partial charge is 0.156 e. The summed E-state index contributed by atoms with van der Waals surface area (Å²) in [7, 11) is 0. The summed E-state index contributed by atoms with van der Waals surface area (Å²) in [6.45, 7) is 3.10. The van der Waals surface area contributed by atoms with E-state index in [0.29, 0.717) is 6.04 Å². The van der Waals surface area contributed by atoms with E-state index in [4.69, 9.17) is 0 Å². The molecular formula is C13H18N2S. The van der Waals surface area contributed by atoms with Crippen molar-refractivity contribution in [1.82, 2.24) is 5.32 Å². The van der Waals surface area contributed by atoms with Gasteiger partial charge in [-0.15, -0.1) is 0 Å². The molecule has 3 heteroatoms. The van der Waals surface area contributed by atoms with Gasteiger partial charge in [0, 0.05) is 18.3 Å². The molecular weight excluding hydrogens is 216 g/mol. The summed E-state index contributed by atoms with van der Waals surface area (Å²) < 4.78 is 0. The van der Waals surface area contributed by atoms with Crippen LogP contribution in [0.4, 0.5) is 0 Å². The van der Waals surface area contributed by atoms with Gasteiger partial charge in [0.05, 0.1) is 0 Å². The van der Waals surface area contributed by atoms with Crippen LogP contribution < -0.4 is 5.32 Å². The van der Waals surface area contributed by atoms with E-state index in [-0.39, 0.29) is 0 Å². The Kier molecular flexibility index (Phi) is 4.28. The third kappa shape index (κ3) is 3.27. The lowest BCUT2D eigenvalue weighted by Crippen LogP contribution is -2.25. The summed E-state index contributed by atoms with van der Waals surface area (Å²) in [5, 5.41) is 4.57. The zero-order valence-electron chi connectivity index (χ0n) is 9.65. The Balaban J connectivity index is 1.78. The van der Waals surface area contributed by atoms with Crippen LogP contribution in [0.3, 0.4) is 0 Å². The van der Waals surface area contributed by atoms with E-state index in [2.05, 4.69) is 47.6 Å². The van der Waals surface area contributed by atoms with Crippen molar-refractivity contribution in [1.29, 1.82) is 0 Å². The summed E-state index contributed by atoms with van der Waals surface area (Å²) in [5.41, 5.74) is 1.36. The monoisotopic (exact) mass is 234 g/mol. The maximum atomic E-state index is 4.59. The van der Waals surface area contributed by atoms with Crippen LogP contribution in [-0.2, 0) is 6.42 Å². The molecule has 0 radical (unpaired) electrons. The van der Waals surface area contributed by atoms with Crippen molar-refractivity contribution in [3.63, 3.8) is 0 Å². The van der Waals surface area contributed by atoms with Crippen LogP contribution in [0.25, 0.3) is 0 Å². The number of hydrogen-bond acceptors (Lipinski definition) is 2. The highest BCUT2D eigenvalue weighted by Crippen LogP contribution is 2.15. The molecule has 0 aliphatic carbocycles. The number of nitrogens with zero attached hydrogens (tertiary/aromatic N) is 1. The SMILES string of the molecule is CCC1CSC(=NCCc2ccccc2)N1. The number of hydrogen-bond donors (Lipinski definition) is 1. The molecule has 1 N–H and O–H groups in total. The van der Waals surface area contributed by atoms with Crippen LogP contribution in [0.15, 0.2) is 35.3 Å². The Bertz CT molecular complexity index is 348. The fraction of sp³-hybridized carbons (Fsp3) is 0.462. The average molecular weight is 234 g/mol. The van der Waals surface area contributed by atoms with Gasteiger partial charge in [-0.05, 0) is 18.4 Å².